The van der Waals surface area contributed by atoms with E-state index in [1.807, 2.05) is 0 Å². The molecule has 0 saturated heterocycles. The topological polar surface area (TPSA) is 51.2 Å². The van der Waals surface area contributed by atoms with Gasteiger partial charge in [-0.25, -0.2) is 0 Å². The molecule has 3 nitrogen and oxygen atoms in total. The molecule has 1 unspecified atom stereocenters. The fourth-order valence-electron chi connectivity index (χ4n) is 0.585. The van der Waals surface area contributed by atoms with E-state index in [1.165, 1.54) is 0 Å². The Morgan fingerprint density at radius 2 is 1.33 bits per heavy atom. The summed E-state index contributed by atoms with van der Waals surface area (Å²) in [5.41, 5.74) is 0. The van der Waals surface area contributed by atoms with E-state index in [2.05, 4.69) is 0 Å². The van der Waals surface area contributed by atoms with Gasteiger partial charge in [0.2, 0.25) is 0 Å². The fraction of sp³-hybridized carbons (Fsp3) is 0.750. The minimum Gasteiger partial charge on any atom is -0.288 e. The third-order valence-electron chi connectivity index (χ3n) is 1.10. The average Bonchev–Trinajstić information content (AvgIpc) is 1.76. The van der Waals surface area contributed by atoms with Crippen molar-refractivity contribution in [2.75, 3.05) is 0 Å². The molecule has 0 spiro atoms. The normalized spacial score (nSPS) is 16.2. The number of rotatable bonds is 2. The minimum absolute atomic E-state index is 3.71. The van der Waals surface area contributed by atoms with Gasteiger partial charge in [-0.1, -0.05) is 0 Å². The molecule has 11 heteroatoms. The maximum atomic E-state index is 11.9. The quantitative estimate of drug-likeness (QED) is 0.557. The molecule has 0 rings (SSSR count). The standard InChI is InChI=1S/C4HF7O3S/c5-3(6,7)1(12)2(4(8,9)10)15(11,13)14/h2H. The van der Waals surface area contributed by atoms with E-state index < -0.39 is 33.6 Å². The molecule has 0 heterocycles. The summed E-state index contributed by atoms with van der Waals surface area (Å²) in [5.74, 6) is -3.71. The van der Waals surface area contributed by atoms with Gasteiger partial charge >= 0.3 is 22.6 Å². The van der Waals surface area contributed by atoms with Crippen LogP contribution in [0.3, 0.4) is 0 Å². The van der Waals surface area contributed by atoms with E-state index >= 15 is 0 Å². The first-order chi connectivity index (χ1) is 6.28. The molecular weight excluding hydrogens is 261 g/mol. The lowest BCUT2D eigenvalue weighted by Gasteiger charge is -2.16. The number of hydrogen-bond acceptors (Lipinski definition) is 3. The fourth-order valence-corrected chi connectivity index (χ4v) is 1.29. The lowest BCUT2D eigenvalue weighted by molar-refractivity contribution is -0.189. The van der Waals surface area contributed by atoms with Gasteiger partial charge in [0.1, 0.15) is 0 Å². The van der Waals surface area contributed by atoms with Gasteiger partial charge in [0.05, 0.1) is 0 Å². The van der Waals surface area contributed by atoms with Gasteiger partial charge in [0.15, 0.2) is 0 Å². The van der Waals surface area contributed by atoms with E-state index in [9.17, 15) is 43.4 Å². The zero-order valence-electron chi connectivity index (χ0n) is 6.36. The lowest BCUT2D eigenvalue weighted by Crippen LogP contribution is -2.47. The van der Waals surface area contributed by atoms with Crippen LogP contribution in [0, 0.1) is 0 Å². The molecule has 0 fully saturated rings. The van der Waals surface area contributed by atoms with Crippen LogP contribution in [0.1, 0.15) is 0 Å². The monoisotopic (exact) mass is 262 g/mol. The Kier molecular flexibility index (Phi) is 3.40. The first-order valence-electron chi connectivity index (χ1n) is 2.89. The van der Waals surface area contributed by atoms with Crippen LogP contribution in [-0.2, 0) is 15.0 Å². The molecule has 0 amide bonds. The maximum Gasteiger partial charge on any atom is 0.451 e. The number of hydrogen-bond donors (Lipinski definition) is 0. The van der Waals surface area contributed by atoms with Gasteiger partial charge in [0, 0.05) is 0 Å². The highest BCUT2D eigenvalue weighted by atomic mass is 32.3. The molecular formula is C4HF7O3S. The summed E-state index contributed by atoms with van der Waals surface area (Å²) < 4.78 is 101. The molecule has 0 bridgehead atoms. The average molecular weight is 262 g/mol. The van der Waals surface area contributed by atoms with E-state index in [0.717, 1.165) is 0 Å². The smallest absolute Gasteiger partial charge is 0.288 e. The second-order valence-corrected chi connectivity index (χ2v) is 3.68. The van der Waals surface area contributed by atoms with Crippen molar-refractivity contribution in [3.05, 3.63) is 0 Å². The van der Waals surface area contributed by atoms with Crippen LogP contribution < -0.4 is 0 Å². The first kappa shape index (κ1) is 14.1. The number of halogens is 7. The summed E-state index contributed by atoms with van der Waals surface area (Å²) in [7, 11) is -6.70. The molecule has 0 aliphatic carbocycles. The van der Waals surface area contributed by atoms with Crippen LogP contribution in [0.15, 0.2) is 0 Å². The van der Waals surface area contributed by atoms with Crippen molar-refractivity contribution in [2.45, 2.75) is 17.6 Å². The molecule has 0 aromatic rings. The SMILES string of the molecule is O=C(C(C(F)(F)F)S(=O)(=O)F)C(F)(F)F. The van der Waals surface area contributed by atoms with E-state index in [0.29, 0.717) is 0 Å². The van der Waals surface area contributed by atoms with E-state index in [-0.39, 0.29) is 0 Å². The summed E-state index contributed by atoms with van der Waals surface area (Å²) >= 11 is 0. The van der Waals surface area contributed by atoms with Gasteiger partial charge < -0.3 is 0 Å². The molecule has 90 valence electrons. The van der Waals surface area contributed by atoms with Crippen LogP contribution in [-0.4, -0.2) is 31.8 Å². The summed E-state index contributed by atoms with van der Waals surface area (Å²) in [6.45, 7) is 0. The molecule has 0 aromatic heterocycles. The van der Waals surface area contributed by atoms with Crippen LogP contribution in [0.5, 0.6) is 0 Å². The molecule has 15 heavy (non-hydrogen) atoms. The van der Waals surface area contributed by atoms with Gasteiger partial charge in [-0.05, 0) is 0 Å². The molecule has 0 aromatic carbocycles. The Labute approximate surface area is 78.1 Å². The molecule has 1 atom stereocenters. The maximum absolute atomic E-state index is 11.9. The van der Waals surface area contributed by atoms with Gasteiger partial charge in [0.25, 0.3) is 11.0 Å². The number of ketones is 1. The molecule has 0 saturated carbocycles. The van der Waals surface area contributed by atoms with Crippen molar-refractivity contribution in [1.82, 2.24) is 0 Å². The molecule has 0 N–H and O–H groups in total. The largest absolute Gasteiger partial charge is 0.451 e. The minimum atomic E-state index is -6.70. The second kappa shape index (κ2) is 3.61. The van der Waals surface area contributed by atoms with E-state index in [4.69, 9.17) is 0 Å². The van der Waals surface area contributed by atoms with Crippen LogP contribution in [0.2, 0.25) is 0 Å². The Morgan fingerprint density at radius 3 is 1.40 bits per heavy atom. The predicted octanol–water partition coefficient (Wildman–Crippen LogP) is 1.35. The van der Waals surface area contributed by atoms with Crippen LogP contribution in [0.25, 0.3) is 0 Å². The number of carbonyl (C=O) groups is 1. The number of alkyl halides is 6. The van der Waals surface area contributed by atoms with Crippen molar-refractivity contribution < 1.29 is 43.4 Å². The third kappa shape index (κ3) is 3.64. The Hall–Kier alpha value is -0.870. The summed E-state index contributed by atoms with van der Waals surface area (Å²) in [4.78, 5) is 9.99. The second-order valence-electron chi connectivity index (χ2n) is 2.26. The Balaban J connectivity index is 5.47. The number of Topliss-reactive ketones (excluding diaryl/α,β-unsaturated/α-hetero) is 1. The van der Waals surface area contributed by atoms with Gasteiger partial charge in [-0.2, -0.15) is 34.8 Å². The van der Waals surface area contributed by atoms with Crippen molar-refractivity contribution in [3.63, 3.8) is 0 Å². The number of carbonyl (C=O) groups excluding carboxylic acids is 1. The van der Waals surface area contributed by atoms with Crippen molar-refractivity contribution in [1.29, 1.82) is 0 Å². The Morgan fingerprint density at radius 1 is 1.00 bits per heavy atom. The van der Waals surface area contributed by atoms with Crippen molar-refractivity contribution in [3.8, 4) is 0 Å². The zero-order chi connectivity index (χ0) is 12.7. The highest BCUT2D eigenvalue weighted by Gasteiger charge is 2.61. The van der Waals surface area contributed by atoms with Crippen molar-refractivity contribution in [2.24, 2.45) is 0 Å². The van der Waals surface area contributed by atoms with Crippen molar-refractivity contribution >= 4 is 16.0 Å². The Bertz CT molecular complexity index is 349. The highest BCUT2D eigenvalue weighted by Crippen LogP contribution is 2.33. The molecule has 0 aliphatic heterocycles. The van der Waals surface area contributed by atoms with Crippen LogP contribution >= 0.6 is 0 Å². The zero-order valence-corrected chi connectivity index (χ0v) is 7.17. The van der Waals surface area contributed by atoms with Crippen LogP contribution in [0.4, 0.5) is 30.2 Å². The first-order valence-corrected chi connectivity index (χ1v) is 4.34. The summed E-state index contributed by atoms with van der Waals surface area (Å²) in [5, 5.41) is -4.72. The van der Waals surface area contributed by atoms with Gasteiger partial charge in [-0.15, -0.1) is 3.89 Å². The lowest BCUT2D eigenvalue weighted by atomic mass is 10.2. The summed E-state index contributed by atoms with van der Waals surface area (Å²) in [6, 6.07) is 0. The highest BCUT2D eigenvalue weighted by molar-refractivity contribution is 7.87. The third-order valence-corrected chi connectivity index (χ3v) is 2.14. The molecule has 0 radical (unpaired) electrons. The summed E-state index contributed by atoms with van der Waals surface area (Å²) in [6.07, 6.45) is -12.2. The predicted molar refractivity (Wildman–Crippen MR) is 30.9 cm³/mol. The molecule has 0 aliphatic rings. The van der Waals surface area contributed by atoms with E-state index in [1.54, 1.807) is 0 Å². The van der Waals surface area contributed by atoms with Gasteiger partial charge in [-0.3, -0.25) is 4.79 Å².